The van der Waals surface area contributed by atoms with Crippen LogP contribution < -0.4 is 15.0 Å². The second kappa shape index (κ2) is 13.0. The lowest BCUT2D eigenvalue weighted by Gasteiger charge is -2.37. The van der Waals surface area contributed by atoms with Gasteiger partial charge in [-0.25, -0.2) is 0 Å². The van der Waals surface area contributed by atoms with Gasteiger partial charge in [0.2, 0.25) is 0 Å². The molecule has 0 unspecified atom stereocenters. The summed E-state index contributed by atoms with van der Waals surface area (Å²) in [7, 11) is 4.60. The van der Waals surface area contributed by atoms with E-state index in [0.717, 1.165) is 29.4 Å². The molecule has 6 nitrogen and oxygen atoms in total. The zero-order valence-electron chi connectivity index (χ0n) is 22.8. The molecule has 196 valence electrons. The van der Waals surface area contributed by atoms with Gasteiger partial charge in [-0.2, -0.15) is 4.37 Å². The van der Waals surface area contributed by atoms with Gasteiger partial charge in [-0.3, -0.25) is 0 Å². The number of nitrogens with one attached hydrogen (secondary N) is 2. The van der Waals surface area contributed by atoms with Crippen LogP contribution in [0.15, 0.2) is 6.07 Å². The first-order chi connectivity index (χ1) is 16.3. The highest BCUT2D eigenvalue weighted by molar-refractivity contribution is 7.05. The van der Waals surface area contributed by atoms with Crippen molar-refractivity contribution in [3.05, 3.63) is 11.8 Å². The van der Waals surface area contributed by atoms with E-state index in [9.17, 15) is 0 Å². The zero-order valence-corrected chi connectivity index (χ0v) is 23.6. The van der Waals surface area contributed by atoms with Gasteiger partial charge >= 0.3 is 0 Å². The number of likely N-dealkylation sites (tertiary alicyclic amines) is 1. The molecule has 6 rings (SSSR count). The minimum absolute atomic E-state index is 0.833. The van der Waals surface area contributed by atoms with Crippen LogP contribution in [-0.2, 0) is 4.74 Å². The van der Waals surface area contributed by atoms with Crippen LogP contribution in [0.2, 0.25) is 0 Å². The minimum atomic E-state index is 0.833. The van der Waals surface area contributed by atoms with Crippen molar-refractivity contribution in [2.45, 2.75) is 77.2 Å². The van der Waals surface area contributed by atoms with Crippen molar-refractivity contribution in [3.63, 3.8) is 0 Å². The highest BCUT2D eigenvalue weighted by Gasteiger charge is 2.60. The predicted molar refractivity (Wildman–Crippen MR) is 143 cm³/mol. The van der Waals surface area contributed by atoms with E-state index in [1.165, 1.54) is 107 Å². The lowest BCUT2D eigenvalue weighted by atomic mass is 9.91. The molecule has 4 N–H and O–H groups in total. The van der Waals surface area contributed by atoms with Crippen LogP contribution in [0.3, 0.4) is 0 Å². The number of morpholine rings is 1. The van der Waals surface area contributed by atoms with E-state index >= 15 is 0 Å². The quantitative estimate of drug-likeness (QED) is 0.617. The van der Waals surface area contributed by atoms with Gasteiger partial charge in [0.1, 0.15) is 13.1 Å². The highest BCUT2D eigenvalue weighted by Crippen LogP contribution is 2.52. The van der Waals surface area contributed by atoms with Gasteiger partial charge in [-0.1, -0.05) is 6.92 Å². The zero-order chi connectivity index (χ0) is 24.5. The molecule has 0 saturated carbocycles. The van der Waals surface area contributed by atoms with E-state index in [1.54, 1.807) is 28.6 Å². The number of aromatic amines is 1. The van der Waals surface area contributed by atoms with Gasteiger partial charge in [0.05, 0.1) is 72.1 Å². The molecule has 0 spiro atoms. The van der Waals surface area contributed by atoms with Crippen LogP contribution in [0.4, 0.5) is 5.00 Å². The summed E-state index contributed by atoms with van der Waals surface area (Å²) in [6.45, 7) is 17.3. The number of aromatic nitrogens is 1. The van der Waals surface area contributed by atoms with Gasteiger partial charge in [0, 0.05) is 64.4 Å². The Labute approximate surface area is 213 Å². The molecule has 5 aliphatic rings. The molecule has 7 heteroatoms. The average molecular weight is 498 g/mol. The molecular formula is C27H55N5OS+4. The number of nitrogens with zero attached hydrogens (tertiary/aromatic N) is 2. The predicted octanol–water partition coefficient (Wildman–Crippen LogP) is 2.54. The van der Waals surface area contributed by atoms with E-state index in [1.807, 2.05) is 13.0 Å². The molecule has 0 aromatic carbocycles. The number of aryl methyl sites for hydroxylation is 1. The van der Waals surface area contributed by atoms with Crippen molar-refractivity contribution < 1.29 is 23.0 Å². The van der Waals surface area contributed by atoms with Crippen molar-refractivity contribution in [1.29, 1.82) is 0 Å². The number of nitrogen functional groups attached to an aromatic ring is 1. The summed E-state index contributed by atoms with van der Waals surface area (Å²) in [5.74, 6) is 0. The van der Waals surface area contributed by atoms with E-state index in [4.69, 9.17) is 10.5 Å². The Morgan fingerprint density at radius 1 is 0.971 bits per heavy atom. The normalized spacial score (nSPS) is 31.3. The van der Waals surface area contributed by atoms with Crippen molar-refractivity contribution >= 4 is 16.5 Å². The van der Waals surface area contributed by atoms with E-state index in [2.05, 4.69) is 25.4 Å². The summed E-state index contributed by atoms with van der Waals surface area (Å²) in [5.41, 5.74) is 7.33. The maximum absolute atomic E-state index is 5.37. The average Bonchev–Trinajstić information content (AvgIpc) is 3.57. The van der Waals surface area contributed by atoms with Crippen LogP contribution in [0.1, 0.15) is 70.4 Å². The Hall–Kier alpha value is -0.730. The first kappa shape index (κ1) is 27.9. The van der Waals surface area contributed by atoms with E-state index in [-0.39, 0.29) is 0 Å². The van der Waals surface area contributed by atoms with Gasteiger partial charge < -0.3 is 24.3 Å². The minimum Gasteiger partial charge on any atom is -0.386 e. The van der Waals surface area contributed by atoms with Crippen molar-refractivity contribution in [2.75, 3.05) is 85.4 Å². The van der Waals surface area contributed by atoms with Crippen LogP contribution in [0.25, 0.3) is 0 Å². The maximum atomic E-state index is 5.37. The summed E-state index contributed by atoms with van der Waals surface area (Å²) < 4.78 is 11.0. The second-order valence-electron chi connectivity index (χ2n) is 12.0. The fourth-order valence-electron chi connectivity index (χ4n) is 7.13. The number of quaternary nitrogens is 3. The summed E-state index contributed by atoms with van der Waals surface area (Å²) in [6, 6.07) is 1.91. The lowest BCUT2D eigenvalue weighted by molar-refractivity contribution is -0.938. The third-order valence-corrected chi connectivity index (χ3v) is 9.74. The Kier molecular flexibility index (Phi) is 10.6. The third-order valence-electron chi connectivity index (χ3n) is 8.96. The molecule has 0 radical (unpaired) electrons. The number of ether oxygens (including phenoxy) is 1. The molecule has 1 aromatic heterocycles. The number of hydrogen-bond donors (Lipinski definition) is 2. The van der Waals surface area contributed by atoms with Crippen LogP contribution in [0.5, 0.6) is 0 Å². The largest absolute Gasteiger partial charge is 0.386 e. The fourth-order valence-corrected chi connectivity index (χ4v) is 7.71. The number of anilines is 1. The van der Waals surface area contributed by atoms with Gasteiger partial charge in [-0.05, 0) is 6.42 Å². The smallest absolute Gasteiger partial charge is 0.193 e. The number of H-pyrrole nitrogens is 1. The Bertz CT molecular complexity index is 641. The molecule has 0 amide bonds. The van der Waals surface area contributed by atoms with Crippen molar-refractivity contribution in [2.24, 2.45) is 0 Å². The number of rotatable bonds is 2. The SMILES string of the molecule is C1CC23CCC[N+]2(C1)CCC3.CCC[NH+]1CCOCC1.C[N+]1(C)CCCC1.Cc1cc(N)s[nH+]1. The van der Waals surface area contributed by atoms with Gasteiger partial charge in [0.15, 0.2) is 22.2 Å². The molecule has 6 heterocycles. The number of hydrogen-bond acceptors (Lipinski definition) is 3. The van der Waals surface area contributed by atoms with Gasteiger partial charge in [0.25, 0.3) is 0 Å². The Morgan fingerprint density at radius 3 is 1.85 bits per heavy atom. The Morgan fingerprint density at radius 2 is 1.53 bits per heavy atom. The monoisotopic (exact) mass is 497 g/mol. The summed E-state index contributed by atoms with van der Waals surface area (Å²) in [4.78, 5) is 1.71. The molecule has 5 fully saturated rings. The molecule has 34 heavy (non-hydrogen) atoms. The van der Waals surface area contributed by atoms with Gasteiger partial charge in [-0.15, -0.1) is 0 Å². The molecule has 5 saturated heterocycles. The lowest BCUT2D eigenvalue weighted by Crippen LogP contribution is -3.14. The van der Waals surface area contributed by atoms with Crippen LogP contribution in [-0.4, -0.2) is 94.2 Å². The molecule has 0 atom stereocenters. The Balaban J connectivity index is 0.000000130. The van der Waals surface area contributed by atoms with Crippen molar-refractivity contribution in [1.82, 2.24) is 0 Å². The molecule has 5 aliphatic heterocycles. The van der Waals surface area contributed by atoms with Crippen LogP contribution in [0, 0.1) is 6.92 Å². The molecule has 0 bridgehead atoms. The third kappa shape index (κ3) is 7.63. The summed E-state index contributed by atoms with van der Waals surface area (Å²) in [5, 5.41) is 0.845. The highest BCUT2D eigenvalue weighted by atomic mass is 32.1. The first-order valence-corrected chi connectivity index (χ1v) is 14.9. The standard InChI is InChI=1S/C10H18N.C7H15NO.C6H14N.C4H6N2S/c1-4-10-5-2-8-11(10,7-1)9-3-6-10;1-2-3-8-4-6-9-7-5-8;1-7(2)5-3-4-6-7;1-3-2-4(5)7-6-3/h1-9H2;2-7H2,1H3;3-6H2,1-2H3;2H,5H2,1H3/q+1;;+1;/p+2. The van der Waals surface area contributed by atoms with E-state index in [0.29, 0.717) is 0 Å². The second-order valence-corrected chi connectivity index (χ2v) is 12.9. The summed E-state index contributed by atoms with van der Waals surface area (Å²) in [6.07, 6.45) is 13.4. The van der Waals surface area contributed by atoms with Crippen molar-refractivity contribution in [3.8, 4) is 0 Å². The van der Waals surface area contributed by atoms with Crippen LogP contribution >= 0.6 is 11.5 Å². The summed E-state index contributed by atoms with van der Waals surface area (Å²) >= 11 is 1.46. The molecular weight excluding hydrogens is 442 g/mol. The number of nitrogens with two attached hydrogens (primary N) is 1. The first-order valence-electron chi connectivity index (χ1n) is 14.1. The topological polar surface area (TPSA) is 53.8 Å². The fraction of sp³-hybridized carbons (Fsp3) is 0.889. The maximum Gasteiger partial charge on any atom is 0.193 e. The molecule has 1 aromatic rings. The van der Waals surface area contributed by atoms with E-state index < -0.39 is 0 Å². The molecule has 0 aliphatic carbocycles.